The third-order valence-corrected chi connectivity index (χ3v) is 5.57. The highest BCUT2D eigenvalue weighted by molar-refractivity contribution is 5.85. The van der Waals surface area contributed by atoms with E-state index >= 15 is 0 Å². The van der Waals surface area contributed by atoms with Crippen LogP contribution in [-0.2, 0) is 6.54 Å². The predicted molar refractivity (Wildman–Crippen MR) is 124 cm³/mol. The summed E-state index contributed by atoms with van der Waals surface area (Å²) < 4.78 is 1.88. The van der Waals surface area contributed by atoms with Crippen molar-refractivity contribution in [2.45, 2.75) is 38.8 Å². The second-order valence-corrected chi connectivity index (χ2v) is 8.06. The minimum Gasteiger partial charge on any atom is -0.391 e. The molecule has 8 heteroatoms. The Morgan fingerprint density at radius 3 is 2.77 bits per heavy atom. The lowest BCUT2D eigenvalue weighted by Gasteiger charge is -2.28. The average Bonchev–Trinajstić information content (AvgIpc) is 3.16. The number of aliphatic hydroxyl groups excluding tert-OH is 1. The number of hydrogen-bond acceptors (Lipinski definition) is 6. The van der Waals surface area contributed by atoms with Crippen molar-refractivity contribution in [3.8, 4) is 0 Å². The first-order valence-corrected chi connectivity index (χ1v) is 10.4. The van der Waals surface area contributed by atoms with E-state index in [1.807, 2.05) is 35.0 Å². The maximum Gasteiger partial charge on any atom is 0.163 e. The number of anilines is 2. The van der Waals surface area contributed by atoms with E-state index in [4.69, 9.17) is 4.98 Å². The molecule has 7 nitrogen and oxygen atoms in total. The van der Waals surface area contributed by atoms with Crippen LogP contribution in [0.3, 0.4) is 0 Å². The molecule has 0 amide bonds. The van der Waals surface area contributed by atoms with Gasteiger partial charge in [-0.3, -0.25) is 0 Å². The molecule has 3 aromatic rings. The lowest BCUT2D eigenvalue weighted by molar-refractivity contribution is 0.0883. The van der Waals surface area contributed by atoms with Gasteiger partial charge >= 0.3 is 0 Å². The van der Waals surface area contributed by atoms with Gasteiger partial charge in [0.2, 0.25) is 0 Å². The van der Waals surface area contributed by atoms with Crippen molar-refractivity contribution in [2.24, 2.45) is 5.92 Å². The highest BCUT2D eigenvalue weighted by atomic mass is 35.5. The van der Waals surface area contributed by atoms with Crippen molar-refractivity contribution in [1.82, 2.24) is 19.9 Å². The fourth-order valence-corrected chi connectivity index (χ4v) is 3.76. The SMILES string of the molecule is CC(C)c1cnn2c(NCc3ccccc3)cc(NC[C@@H]3CCNC[C@@H]3O)nc12.Cl. The zero-order valence-electron chi connectivity index (χ0n) is 17.5. The average molecular weight is 431 g/mol. The fraction of sp³-hybridized carbons (Fsp3) is 0.455. The Bertz CT molecular complexity index is 945. The maximum absolute atomic E-state index is 10.2. The molecule has 2 atom stereocenters. The molecule has 1 fully saturated rings. The van der Waals surface area contributed by atoms with Crippen molar-refractivity contribution < 1.29 is 5.11 Å². The lowest BCUT2D eigenvalue weighted by atomic mass is 9.95. The summed E-state index contributed by atoms with van der Waals surface area (Å²) in [7, 11) is 0. The summed E-state index contributed by atoms with van der Waals surface area (Å²) in [6.45, 7) is 7.32. The number of rotatable bonds is 7. The summed E-state index contributed by atoms with van der Waals surface area (Å²) in [6.07, 6.45) is 2.54. The van der Waals surface area contributed by atoms with E-state index in [1.165, 1.54) is 5.56 Å². The fourth-order valence-electron chi connectivity index (χ4n) is 3.76. The van der Waals surface area contributed by atoms with Gasteiger partial charge in [0.25, 0.3) is 0 Å². The highest BCUT2D eigenvalue weighted by Crippen LogP contribution is 2.25. The van der Waals surface area contributed by atoms with Crippen LogP contribution in [0.1, 0.15) is 37.3 Å². The Balaban J connectivity index is 0.00000256. The molecule has 1 saturated heterocycles. The van der Waals surface area contributed by atoms with E-state index in [1.54, 1.807) is 0 Å². The summed E-state index contributed by atoms with van der Waals surface area (Å²) in [6, 6.07) is 12.3. The quantitative estimate of drug-likeness (QED) is 0.460. The molecule has 1 aliphatic rings. The smallest absolute Gasteiger partial charge is 0.163 e. The van der Waals surface area contributed by atoms with Crippen molar-refractivity contribution in [2.75, 3.05) is 30.3 Å². The zero-order valence-corrected chi connectivity index (χ0v) is 18.3. The first kappa shape index (κ1) is 22.3. The molecule has 30 heavy (non-hydrogen) atoms. The van der Waals surface area contributed by atoms with Crippen molar-refractivity contribution >= 4 is 29.7 Å². The summed E-state index contributed by atoms with van der Waals surface area (Å²) in [5.74, 6) is 2.27. The topological polar surface area (TPSA) is 86.5 Å². The Hall–Kier alpha value is -2.35. The van der Waals surface area contributed by atoms with Gasteiger partial charge in [0.05, 0.1) is 12.3 Å². The van der Waals surface area contributed by atoms with Gasteiger partial charge in [0, 0.05) is 37.2 Å². The number of hydrogen-bond donors (Lipinski definition) is 4. The van der Waals surface area contributed by atoms with Gasteiger partial charge in [-0.25, -0.2) is 4.98 Å². The molecular weight excluding hydrogens is 400 g/mol. The van der Waals surface area contributed by atoms with Crippen molar-refractivity contribution in [3.63, 3.8) is 0 Å². The van der Waals surface area contributed by atoms with Gasteiger partial charge in [0.15, 0.2) is 5.65 Å². The molecule has 162 valence electrons. The van der Waals surface area contributed by atoms with E-state index in [-0.39, 0.29) is 24.4 Å². The van der Waals surface area contributed by atoms with Gasteiger partial charge in [-0.1, -0.05) is 44.2 Å². The van der Waals surface area contributed by atoms with Crippen LogP contribution in [0.5, 0.6) is 0 Å². The minimum absolute atomic E-state index is 0. The van der Waals surface area contributed by atoms with Gasteiger partial charge in [-0.05, 0) is 24.4 Å². The number of benzene rings is 1. The standard InChI is InChI=1S/C22H30N6O.ClH/c1-15(2)18-13-26-28-21(25-11-16-6-4-3-5-7-16)10-20(27-22(18)28)24-12-17-8-9-23-14-19(17)29;/h3-7,10,13,15,17,19,23,25,29H,8-9,11-12,14H2,1-2H3,(H,24,27);1H/t17-,19-;/m0./s1. The monoisotopic (exact) mass is 430 g/mol. The van der Waals surface area contributed by atoms with E-state index in [0.717, 1.165) is 35.8 Å². The third-order valence-electron chi connectivity index (χ3n) is 5.57. The molecule has 1 aromatic carbocycles. The predicted octanol–water partition coefficient (Wildman–Crippen LogP) is 3.27. The van der Waals surface area contributed by atoms with Crippen molar-refractivity contribution in [1.29, 1.82) is 0 Å². The first-order chi connectivity index (χ1) is 14.1. The Kier molecular flexibility index (Phi) is 7.53. The largest absolute Gasteiger partial charge is 0.391 e. The van der Waals surface area contributed by atoms with Crippen LogP contribution >= 0.6 is 12.4 Å². The first-order valence-electron chi connectivity index (χ1n) is 10.4. The zero-order chi connectivity index (χ0) is 20.2. The molecule has 2 aromatic heterocycles. The van der Waals surface area contributed by atoms with Gasteiger partial charge in [-0.2, -0.15) is 9.61 Å². The number of nitrogens with one attached hydrogen (secondary N) is 3. The Labute approximate surface area is 183 Å². The molecule has 4 N–H and O–H groups in total. The maximum atomic E-state index is 10.2. The van der Waals surface area contributed by atoms with E-state index in [2.05, 4.69) is 47.0 Å². The molecule has 0 unspecified atom stereocenters. The molecule has 0 saturated carbocycles. The van der Waals surface area contributed by atoms with Gasteiger partial charge in [-0.15, -0.1) is 12.4 Å². The van der Waals surface area contributed by atoms with E-state index in [0.29, 0.717) is 25.6 Å². The van der Waals surface area contributed by atoms with Crippen LogP contribution in [-0.4, -0.2) is 45.4 Å². The number of nitrogens with zero attached hydrogens (tertiary/aromatic N) is 3. The van der Waals surface area contributed by atoms with Gasteiger partial charge < -0.3 is 21.1 Å². The molecule has 1 aliphatic heterocycles. The number of halogens is 1. The van der Waals surface area contributed by atoms with Crippen LogP contribution in [0.4, 0.5) is 11.6 Å². The molecule has 0 spiro atoms. The highest BCUT2D eigenvalue weighted by Gasteiger charge is 2.23. The molecule has 0 bridgehead atoms. The number of β-amino-alcohol motifs (C(OH)–C–C–N with tert-alkyl or cyclic N) is 1. The molecular formula is C22H31ClN6O. The second-order valence-electron chi connectivity index (χ2n) is 8.06. The Morgan fingerprint density at radius 2 is 2.03 bits per heavy atom. The second kappa shape index (κ2) is 10.1. The lowest BCUT2D eigenvalue weighted by Crippen LogP contribution is -2.43. The van der Waals surface area contributed by atoms with Crippen LogP contribution in [0.25, 0.3) is 5.65 Å². The number of aliphatic hydroxyl groups is 1. The van der Waals surface area contributed by atoms with Gasteiger partial charge in [0.1, 0.15) is 11.6 Å². The van der Waals surface area contributed by atoms with Crippen molar-refractivity contribution in [3.05, 3.63) is 53.7 Å². The number of aromatic nitrogens is 3. The normalized spacial score (nSPS) is 18.9. The Morgan fingerprint density at radius 1 is 1.23 bits per heavy atom. The molecule has 0 radical (unpaired) electrons. The van der Waals surface area contributed by atoms with Crippen LogP contribution in [0, 0.1) is 5.92 Å². The third kappa shape index (κ3) is 5.03. The van der Waals surface area contributed by atoms with Crippen LogP contribution < -0.4 is 16.0 Å². The number of fused-ring (bicyclic) bond motifs is 1. The molecule has 4 rings (SSSR count). The summed E-state index contributed by atoms with van der Waals surface area (Å²) in [4.78, 5) is 4.83. The van der Waals surface area contributed by atoms with Crippen LogP contribution in [0.15, 0.2) is 42.6 Å². The van der Waals surface area contributed by atoms with Crippen LogP contribution in [0.2, 0.25) is 0 Å². The summed E-state index contributed by atoms with van der Waals surface area (Å²) >= 11 is 0. The van der Waals surface area contributed by atoms with E-state index < -0.39 is 0 Å². The summed E-state index contributed by atoms with van der Waals surface area (Å²) in [5.41, 5.74) is 3.20. The number of piperidine rings is 1. The minimum atomic E-state index is -0.322. The summed E-state index contributed by atoms with van der Waals surface area (Å²) in [5, 5.41) is 25.0. The van der Waals surface area contributed by atoms with E-state index in [9.17, 15) is 5.11 Å². The molecule has 0 aliphatic carbocycles. The molecule has 3 heterocycles.